The third kappa shape index (κ3) is 4.72. The van der Waals surface area contributed by atoms with Crippen molar-refractivity contribution in [3.05, 3.63) is 18.1 Å². The highest BCUT2D eigenvalue weighted by Crippen LogP contribution is 2.57. The average molecular weight is 576 g/mol. The fourth-order valence-electron chi connectivity index (χ4n) is 6.40. The lowest BCUT2D eigenvalue weighted by atomic mass is 10.1. The molecule has 5 heterocycles. The van der Waals surface area contributed by atoms with Gasteiger partial charge < -0.3 is 27.3 Å². The molecule has 8 nitrogen and oxygen atoms in total. The Labute approximate surface area is 236 Å². The van der Waals surface area contributed by atoms with E-state index in [9.17, 15) is 0 Å². The molecule has 0 radical (unpaired) electrons. The first-order valence-electron chi connectivity index (χ1n) is 14.5. The van der Waals surface area contributed by atoms with Gasteiger partial charge in [0.15, 0.2) is 14.5 Å². The summed E-state index contributed by atoms with van der Waals surface area (Å²) < 4.78 is 36.5. The van der Waals surface area contributed by atoms with E-state index in [1.54, 1.807) is 6.33 Å². The molecule has 2 aromatic rings. The maximum atomic E-state index is 7.28. The van der Waals surface area contributed by atoms with Gasteiger partial charge in [0.1, 0.15) is 30.3 Å². The molecule has 0 amide bonds. The number of hydrogen-bond acceptors (Lipinski definition) is 7. The number of hydrogen-bond donors (Lipinski definition) is 0. The lowest BCUT2D eigenvalue weighted by Crippen LogP contribution is -2.66. The van der Waals surface area contributed by atoms with E-state index in [0.717, 1.165) is 23.9 Å². The van der Waals surface area contributed by atoms with E-state index in [-0.39, 0.29) is 39.5 Å². The Morgan fingerprint density at radius 1 is 1.03 bits per heavy atom. The summed E-state index contributed by atoms with van der Waals surface area (Å²) in [5.74, 6) is 0.655. The van der Waals surface area contributed by atoms with Crippen molar-refractivity contribution in [2.24, 2.45) is 0 Å². The minimum Gasteiger partial charge on any atom is -0.474 e. The summed E-state index contributed by atoms with van der Waals surface area (Å²) in [5.41, 5.74) is 2.02. The standard InChI is InChI=1S/C29H49N3O5Si2/c1-18-13-14-19-15-32(24-21(19)25(34-18)31-17-30-24)26-23(36-38(11,12)27(2,3)4)22-20(35-26)16-33-39(37-22,28(5,6)7)29(8,9)10/h15,17-18,20,22-23,26H,13-14,16H2,1-12H3/t18-,20+,22+,23+,26+/m0/s1. The van der Waals surface area contributed by atoms with Crippen molar-refractivity contribution in [1.82, 2.24) is 14.5 Å². The highest BCUT2D eigenvalue weighted by atomic mass is 28.4. The first-order chi connectivity index (χ1) is 17.9. The third-order valence-corrected chi connectivity index (χ3v) is 18.9. The van der Waals surface area contributed by atoms with Crippen LogP contribution >= 0.6 is 0 Å². The summed E-state index contributed by atoms with van der Waals surface area (Å²) in [4.78, 5) is 9.24. The minimum atomic E-state index is -2.73. The van der Waals surface area contributed by atoms with Gasteiger partial charge in [0, 0.05) is 16.3 Å². The molecule has 39 heavy (non-hydrogen) atoms. The van der Waals surface area contributed by atoms with Crippen molar-refractivity contribution in [3.63, 3.8) is 0 Å². The first kappa shape index (κ1) is 29.2. The van der Waals surface area contributed by atoms with Crippen LogP contribution in [0.3, 0.4) is 0 Å². The summed E-state index contributed by atoms with van der Waals surface area (Å²) in [6.45, 7) is 27.6. The van der Waals surface area contributed by atoms with Crippen LogP contribution in [0, 0.1) is 0 Å². The SMILES string of the molecule is C[C@H]1CCc2cn([C@@H]3O[C@@H]4CO[Si](C(C)(C)C)(C(C)(C)C)O[C@H]4[C@H]3O[Si](C)(C)C(C)(C)C)c3ncnc(c23)O1. The van der Waals surface area contributed by atoms with Gasteiger partial charge in [0.2, 0.25) is 5.88 Å². The predicted octanol–water partition coefficient (Wildman–Crippen LogP) is 6.89. The van der Waals surface area contributed by atoms with E-state index in [4.69, 9.17) is 27.7 Å². The van der Waals surface area contributed by atoms with Crippen LogP contribution < -0.4 is 4.74 Å². The van der Waals surface area contributed by atoms with Crippen molar-refractivity contribution < 1.29 is 22.8 Å². The number of nitrogens with zero attached hydrogens (tertiary/aromatic N) is 3. The summed E-state index contributed by atoms with van der Waals surface area (Å²) in [6.07, 6.45) is 4.60. The molecule has 2 fully saturated rings. The molecule has 5 rings (SSSR count). The first-order valence-corrected chi connectivity index (χ1v) is 19.2. The van der Waals surface area contributed by atoms with Crippen LogP contribution in [0.15, 0.2) is 12.5 Å². The van der Waals surface area contributed by atoms with Crippen LogP contribution in [0.5, 0.6) is 5.88 Å². The quantitative estimate of drug-likeness (QED) is 0.369. The third-order valence-electron chi connectivity index (χ3n) is 9.31. The van der Waals surface area contributed by atoms with Gasteiger partial charge in [-0.1, -0.05) is 62.3 Å². The van der Waals surface area contributed by atoms with Gasteiger partial charge in [0.25, 0.3) is 0 Å². The van der Waals surface area contributed by atoms with E-state index >= 15 is 0 Å². The molecule has 3 aliphatic heterocycles. The number of aromatic nitrogens is 3. The van der Waals surface area contributed by atoms with Gasteiger partial charge in [-0.15, -0.1) is 0 Å². The molecule has 0 bridgehead atoms. The number of fused-ring (bicyclic) bond motifs is 1. The van der Waals surface area contributed by atoms with Gasteiger partial charge >= 0.3 is 8.56 Å². The number of aryl methyl sites for hydroxylation is 1. The van der Waals surface area contributed by atoms with Crippen molar-refractivity contribution in [2.75, 3.05) is 6.61 Å². The van der Waals surface area contributed by atoms with Gasteiger partial charge in [0.05, 0.1) is 18.1 Å². The summed E-state index contributed by atoms with van der Waals surface area (Å²) in [5, 5.41) is 0.761. The summed E-state index contributed by atoms with van der Waals surface area (Å²) in [6, 6.07) is 0. The Kier molecular flexibility index (Phi) is 7.00. The molecule has 10 heteroatoms. The molecule has 2 saturated heterocycles. The molecule has 3 aliphatic rings. The second-order valence-corrected chi connectivity index (χ2v) is 24.8. The zero-order chi connectivity index (χ0) is 28.8. The zero-order valence-corrected chi connectivity index (χ0v) is 28.0. The molecule has 0 spiro atoms. The molecule has 0 aliphatic carbocycles. The van der Waals surface area contributed by atoms with E-state index in [1.165, 1.54) is 5.56 Å². The highest BCUT2D eigenvalue weighted by molar-refractivity contribution is 6.74. The Morgan fingerprint density at radius 2 is 1.69 bits per heavy atom. The molecular weight excluding hydrogens is 527 g/mol. The number of rotatable bonds is 3. The van der Waals surface area contributed by atoms with Crippen LogP contribution in [-0.4, -0.2) is 62.4 Å². The monoisotopic (exact) mass is 575 g/mol. The van der Waals surface area contributed by atoms with Crippen molar-refractivity contribution in [2.45, 2.75) is 141 Å². The smallest absolute Gasteiger partial charge is 0.349 e. The normalized spacial score (nSPS) is 29.7. The molecule has 0 saturated carbocycles. The summed E-state index contributed by atoms with van der Waals surface area (Å²) in [7, 11) is -4.93. The van der Waals surface area contributed by atoms with E-state index < -0.39 is 23.1 Å². The van der Waals surface area contributed by atoms with Crippen LogP contribution in [0.25, 0.3) is 11.0 Å². The van der Waals surface area contributed by atoms with E-state index in [2.05, 4.69) is 98.1 Å². The van der Waals surface area contributed by atoms with Crippen LogP contribution in [-0.2, 0) is 24.4 Å². The van der Waals surface area contributed by atoms with Gasteiger partial charge in [-0.25, -0.2) is 9.97 Å². The molecule has 2 aromatic heterocycles. The topological polar surface area (TPSA) is 76.9 Å². The molecule has 218 valence electrons. The van der Waals surface area contributed by atoms with E-state index in [0.29, 0.717) is 12.5 Å². The van der Waals surface area contributed by atoms with Crippen LogP contribution in [0.1, 0.15) is 87.4 Å². The Hall–Kier alpha value is -1.31. The van der Waals surface area contributed by atoms with E-state index in [1.807, 2.05) is 0 Å². The largest absolute Gasteiger partial charge is 0.474 e. The maximum Gasteiger partial charge on any atom is 0.349 e. The number of ether oxygens (including phenoxy) is 2. The van der Waals surface area contributed by atoms with Crippen molar-refractivity contribution >= 4 is 27.9 Å². The zero-order valence-electron chi connectivity index (χ0n) is 26.0. The Bertz CT molecular complexity index is 1210. The molecule has 5 atom stereocenters. The molecule has 0 aromatic carbocycles. The van der Waals surface area contributed by atoms with Gasteiger partial charge in [-0.2, -0.15) is 0 Å². The molecular formula is C29H49N3O5Si2. The molecule has 0 unspecified atom stereocenters. The van der Waals surface area contributed by atoms with Crippen LogP contribution in [0.2, 0.25) is 28.2 Å². The Balaban J connectivity index is 1.62. The van der Waals surface area contributed by atoms with Gasteiger partial charge in [-0.05, 0) is 43.5 Å². The summed E-state index contributed by atoms with van der Waals surface area (Å²) >= 11 is 0. The lowest BCUT2D eigenvalue weighted by molar-refractivity contribution is -0.0794. The second-order valence-electron chi connectivity index (χ2n) is 15.3. The van der Waals surface area contributed by atoms with Crippen molar-refractivity contribution in [3.8, 4) is 5.88 Å². The lowest BCUT2D eigenvalue weighted by Gasteiger charge is -2.54. The van der Waals surface area contributed by atoms with Crippen molar-refractivity contribution in [1.29, 1.82) is 0 Å². The predicted molar refractivity (Wildman–Crippen MR) is 158 cm³/mol. The fourth-order valence-corrected chi connectivity index (χ4v) is 12.6. The Morgan fingerprint density at radius 3 is 2.31 bits per heavy atom. The highest BCUT2D eigenvalue weighted by Gasteiger charge is 2.66. The van der Waals surface area contributed by atoms with Crippen LogP contribution in [0.4, 0.5) is 0 Å². The minimum absolute atomic E-state index is 0.0352. The molecule has 0 N–H and O–H groups in total. The average Bonchev–Trinajstić information content (AvgIpc) is 3.28. The van der Waals surface area contributed by atoms with Gasteiger partial charge in [-0.3, -0.25) is 0 Å². The maximum absolute atomic E-state index is 7.28. The fraction of sp³-hybridized carbons (Fsp3) is 0.793. The second kappa shape index (κ2) is 9.35.